The molecule has 1 unspecified atom stereocenters. The zero-order valence-electron chi connectivity index (χ0n) is 6.34. The van der Waals surface area contributed by atoms with Crippen molar-refractivity contribution in [3.63, 3.8) is 0 Å². The number of carbonyl (C=O) groups excluding carboxylic acids is 1. The van der Waals surface area contributed by atoms with Crippen molar-refractivity contribution < 1.29 is 13.9 Å². The molecule has 0 aliphatic rings. The van der Waals surface area contributed by atoms with Crippen molar-refractivity contribution in [2.75, 3.05) is 0 Å². The lowest BCUT2D eigenvalue weighted by Crippen LogP contribution is -2.12. The Hall–Kier alpha value is -1.11. The lowest BCUT2D eigenvalue weighted by Gasteiger charge is -2.05. The topological polar surface area (TPSA) is 50.1 Å². The molecule has 0 aromatic rings. The van der Waals surface area contributed by atoms with Gasteiger partial charge < -0.3 is 4.74 Å². The van der Waals surface area contributed by atoms with Gasteiger partial charge in [0.15, 0.2) is 0 Å². The fourth-order valence-corrected chi connectivity index (χ4v) is 0.535. The van der Waals surface area contributed by atoms with Gasteiger partial charge in [0.25, 0.3) is 0 Å². The van der Waals surface area contributed by atoms with Crippen LogP contribution in [-0.2, 0) is 9.53 Å². The van der Waals surface area contributed by atoms with E-state index in [0.29, 0.717) is 6.42 Å². The number of ether oxygens (including phenoxy) is 1. The summed E-state index contributed by atoms with van der Waals surface area (Å²) in [7, 11) is 0. The van der Waals surface area contributed by atoms with E-state index in [1.54, 1.807) is 13.0 Å². The molecular formula is C7H10FNO2. The number of alkyl halides is 1. The van der Waals surface area contributed by atoms with Gasteiger partial charge in [-0.2, -0.15) is 5.26 Å². The van der Waals surface area contributed by atoms with Crippen molar-refractivity contribution in [1.29, 1.82) is 5.26 Å². The molecule has 4 heteroatoms. The minimum absolute atomic E-state index is 0.192. The van der Waals surface area contributed by atoms with Crippen molar-refractivity contribution in [2.45, 2.75) is 32.5 Å². The third-order valence-electron chi connectivity index (χ3n) is 0.998. The van der Waals surface area contributed by atoms with E-state index >= 15 is 0 Å². The molecule has 0 amide bonds. The van der Waals surface area contributed by atoms with Crippen molar-refractivity contribution in [1.82, 2.24) is 0 Å². The standard InChI is InChI=1S/C7H10FNO2/c1-2-3-6(8)11-7(10)4-5-9/h6H,2-4H2,1H3. The highest BCUT2D eigenvalue weighted by atomic mass is 19.1. The number of halogens is 1. The molecule has 0 bridgehead atoms. The first-order valence-electron chi connectivity index (χ1n) is 3.41. The smallest absolute Gasteiger partial charge is 0.322 e. The predicted molar refractivity (Wildman–Crippen MR) is 36.1 cm³/mol. The summed E-state index contributed by atoms with van der Waals surface area (Å²) < 4.78 is 16.6. The molecule has 1 atom stereocenters. The van der Waals surface area contributed by atoms with Crippen molar-refractivity contribution in [3.8, 4) is 6.07 Å². The van der Waals surface area contributed by atoms with Gasteiger partial charge in [-0.05, 0) is 6.42 Å². The first-order valence-corrected chi connectivity index (χ1v) is 3.41. The summed E-state index contributed by atoms with van der Waals surface area (Å²) in [6.07, 6.45) is -1.14. The molecule has 0 N–H and O–H groups in total. The third kappa shape index (κ3) is 5.34. The van der Waals surface area contributed by atoms with E-state index < -0.39 is 12.3 Å². The number of esters is 1. The summed E-state index contributed by atoms with van der Waals surface area (Å²) in [4.78, 5) is 10.4. The number of nitrogens with zero attached hydrogens (tertiary/aromatic N) is 1. The van der Waals surface area contributed by atoms with Crippen LogP contribution >= 0.6 is 0 Å². The van der Waals surface area contributed by atoms with Gasteiger partial charge in [-0.25, -0.2) is 4.39 Å². The van der Waals surface area contributed by atoms with Crippen LogP contribution in [0.3, 0.4) is 0 Å². The van der Waals surface area contributed by atoms with E-state index in [1.807, 2.05) is 0 Å². The van der Waals surface area contributed by atoms with Gasteiger partial charge in [0.1, 0.15) is 6.42 Å². The molecule has 0 saturated heterocycles. The van der Waals surface area contributed by atoms with E-state index in [9.17, 15) is 9.18 Å². The van der Waals surface area contributed by atoms with E-state index in [2.05, 4.69) is 4.74 Å². The Kier molecular flexibility index (Phi) is 5.09. The van der Waals surface area contributed by atoms with Crippen LogP contribution in [0.25, 0.3) is 0 Å². The van der Waals surface area contributed by atoms with E-state index in [1.165, 1.54) is 0 Å². The molecule has 0 rings (SSSR count). The fourth-order valence-electron chi connectivity index (χ4n) is 0.535. The van der Waals surface area contributed by atoms with Gasteiger partial charge in [-0.3, -0.25) is 4.79 Å². The average molecular weight is 159 g/mol. The SMILES string of the molecule is CCCC(F)OC(=O)CC#N. The maximum atomic E-state index is 12.4. The maximum Gasteiger partial charge on any atom is 0.322 e. The van der Waals surface area contributed by atoms with Gasteiger partial charge in [0.05, 0.1) is 6.07 Å². The summed E-state index contributed by atoms with van der Waals surface area (Å²) in [5.41, 5.74) is 0. The number of hydrogen-bond donors (Lipinski definition) is 0. The molecule has 0 aromatic carbocycles. The summed E-state index contributed by atoms with van der Waals surface area (Å²) in [5, 5.41) is 8.01. The Morgan fingerprint density at radius 2 is 2.45 bits per heavy atom. The lowest BCUT2D eigenvalue weighted by atomic mass is 10.3. The number of rotatable bonds is 4. The minimum atomic E-state index is -1.55. The van der Waals surface area contributed by atoms with Crippen LogP contribution in [0, 0.1) is 11.3 Å². The molecular weight excluding hydrogens is 149 g/mol. The highest BCUT2D eigenvalue weighted by molar-refractivity contribution is 5.71. The van der Waals surface area contributed by atoms with Crippen LogP contribution in [0.5, 0.6) is 0 Å². The molecule has 0 spiro atoms. The monoisotopic (exact) mass is 159 g/mol. The Balaban J connectivity index is 3.50. The average Bonchev–Trinajstić information content (AvgIpc) is 1.87. The fraction of sp³-hybridized carbons (Fsp3) is 0.714. The molecule has 0 aromatic heterocycles. The second kappa shape index (κ2) is 5.66. The van der Waals surface area contributed by atoms with Crippen molar-refractivity contribution >= 4 is 5.97 Å². The Morgan fingerprint density at radius 1 is 1.82 bits per heavy atom. The molecule has 0 aliphatic carbocycles. The largest absolute Gasteiger partial charge is 0.430 e. The summed E-state index contributed by atoms with van der Waals surface area (Å²) in [6.45, 7) is 1.78. The van der Waals surface area contributed by atoms with Crippen molar-refractivity contribution in [2.24, 2.45) is 0 Å². The zero-order valence-corrected chi connectivity index (χ0v) is 6.34. The summed E-state index contributed by atoms with van der Waals surface area (Å²) in [5.74, 6) is -0.798. The van der Waals surface area contributed by atoms with Crippen LogP contribution in [0.2, 0.25) is 0 Å². The second-order valence-electron chi connectivity index (χ2n) is 2.02. The molecule has 11 heavy (non-hydrogen) atoms. The van der Waals surface area contributed by atoms with Gasteiger partial charge in [-0.15, -0.1) is 0 Å². The molecule has 62 valence electrons. The van der Waals surface area contributed by atoms with Crippen LogP contribution in [0.15, 0.2) is 0 Å². The number of nitriles is 1. The first kappa shape index (κ1) is 9.89. The van der Waals surface area contributed by atoms with Crippen molar-refractivity contribution in [3.05, 3.63) is 0 Å². The molecule has 0 fully saturated rings. The maximum absolute atomic E-state index is 12.4. The van der Waals surface area contributed by atoms with Crippen LogP contribution in [-0.4, -0.2) is 12.3 Å². The van der Waals surface area contributed by atoms with E-state index in [-0.39, 0.29) is 12.8 Å². The lowest BCUT2D eigenvalue weighted by molar-refractivity contribution is -0.157. The highest BCUT2D eigenvalue weighted by Crippen LogP contribution is 2.03. The molecule has 3 nitrogen and oxygen atoms in total. The van der Waals surface area contributed by atoms with Crippen LogP contribution < -0.4 is 0 Å². The zero-order chi connectivity index (χ0) is 8.69. The predicted octanol–water partition coefficient (Wildman–Crippen LogP) is 1.54. The first-order chi connectivity index (χ1) is 5.20. The van der Waals surface area contributed by atoms with Gasteiger partial charge in [-0.1, -0.05) is 6.92 Å². The normalized spacial score (nSPS) is 11.7. The van der Waals surface area contributed by atoms with E-state index in [4.69, 9.17) is 5.26 Å². The summed E-state index contributed by atoms with van der Waals surface area (Å²) >= 11 is 0. The highest BCUT2D eigenvalue weighted by Gasteiger charge is 2.10. The van der Waals surface area contributed by atoms with Gasteiger partial charge in [0, 0.05) is 6.42 Å². The summed E-state index contributed by atoms with van der Waals surface area (Å²) in [6, 6.07) is 1.57. The Bertz CT molecular complexity index is 164. The number of carbonyl (C=O) groups is 1. The van der Waals surface area contributed by atoms with Gasteiger partial charge >= 0.3 is 5.97 Å². The second-order valence-corrected chi connectivity index (χ2v) is 2.02. The minimum Gasteiger partial charge on any atom is -0.430 e. The van der Waals surface area contributed by atoms with Crippen LogP contribution in [0.1, 0.15) is 26.2 Å². The van der Waals surface area contributed by atoms with E-state index in [0.717, 1.165) is 0 Å². The molecule has 0 saturated carbocycles. The third-order valence-corrected chi connectivity index (χ3v) is 0.998. The molecule has 0 radical (unpaired) electrons. The van der Waals surface area contributed by atoms with Gasteiger partial charge in [0.2, 0.25) is 6.36 Å². The Labute approximate surface area is 64.8 Å². The molecule has 0 aliphatic heterocycles. The quantitative estimate of drug-likeness (QED) is 0.584. The van der Waals surface area contributed by atoms with Crippen LogP contribution in [0.4, 0.5) is 4.39 Å². The molecule has 0 heterocycles. The Morgan fingerprint density at radius 3 is 2.91 bits per heavy atom. The number of hydrogen-bond acceptors (Lipinski definition) is 3.